The predicted molar refractivity (Wildman–Crippen MR) is 121 cm³/mol. The first-order chi connectivity index (χ1) is 16.3. The molecule has 4 rings (SSSR count). The number of benzene rings is 2. The highest BCUT2D eigenvalue weighted by atomic mass is 32.2. The minimum Gasteiger partial charge on any atom is -0.486 e. The van der Waals surface area contributed by atoms with Gasteiger partial charge in [-0.25, -0.2) is 8.42 Å². The van der Waals surface area contributed by atoms with Crippen LogP contribution in [0.5, 0.6) is 11.5 Å². The summed E-state index contributed by atoms with van der Waals surface area (Å²) in [4.78, 5) is 25.0. The van der Waals surface area contributed by atoms with Crippen LogP contribution in [0.3, 0.4) is 0 Å². The molecule has 2 aromatic rings. The lowest BCUT2D eigenvalue weighted by Gasteiger charge is -2.26. The quantitative estimate of drug-likeness (QED) is 0.581. The number of hydrogen-bond acceptors (Lipinski definition) is 8. The lowest BCUT2D eigenvalue weighted by Crippen LogP contribution is -2.40. The number of hydrogen-bond donors (Lipinski definition) is 1. The van der Waals surface area contributed by atoms with Crippen LogP contribution in [0, 0.1) is 0 Å². The van der Waals surface area contributed by atoms with Crippen molar-refractivity contribution in [2.75, 3.05) is 44.8 Å². The fourth-order valence-electron chi connectivity index (χ4n) is 3.57. The highest BCUT2D eigenvalue weighted by molar-refractivity contribution is 7.89. The molecule has 182 valence electrons. The van der Waals surface area contributed by atoms with E-state index in [1.807, 2.05) is 0 Å². The summed E-state index contributed by atoms with van der Waals surface area (Å²) in [6.07, 6.45) is -1.12. The van der Waals surface area contributed by atoms with Gasteiger partial charge >= 0.3 is 5.97 Å². The molecule has 0 spiro atoms. The zero-order valence-electron chi connectivity index (χ0n) is 18.7. The van der Waals surface area contributed by atoms with Gasteiger partial charge in [-0.2, -0.15) is 4.31 Å². The average Bonchev–Trinajstić information content (AvgIpc) is 2.84. The standard InChI is InChI=1S/C23H26N2O8S/c1-16(33-22(26)14-17-5-6-20-21(13-17)32-12-11-31-20)23(27)24-18-3-2-4-19(15-18)34(28,29)25-7-9-30-10-8-25/h2-6,13,15-16H,7-12,14H2,1H3,(H,24,27). The number of ether oxygens (including phenoxy) is 4. The molecule has 34 heavy (non-hydrogen) atoms. The molecule has 1 unspecified atom stereocenters. The molecule has 0 radical (unpaired) electrons. The largest absolute Gasteiger partial charge is 0.486 e. The molecule has 0 aromatic heterocycles. The SMILES string of the molecule is CC(OC(=O)Cc1ccc2c(c1)OCCO2)C(=O)Nc1cccc(S(=O)(=O)N2CCOCC2)c1. The number of fused-ring (bicyclic) bond motifs is 1. The van der Waals surface area contributed by atoms with Crippen molar-refractivity contribution in [2.45, 2.75) is 24.3 Å². The van der Waals surface area contributed by atoms with Gasteiger partial charge in [-0.3, -0.25) is 9.59 Å². The lowest BCUT2D eigenvalue weighted by atomic mass is 10.1. The van der Waals surface area contributed by atoms with Gasteiger partial charge in [-0.1, -0.05) is 12.1 Å². The molecule has 1 atom stereocenters. The Bertz CT molecular complexity index is 1160. The van der Waals surface area contributed by atoms with E-state index in [0.717, 1.165) is 0 Å². The van der Waals surface area contributed by atoms with E-state index in [1.165, 1.54) is 23.4 Å². The summed E-state index contributed by atoms with van der Waals surface area (Å²) >= 11 is 0. The Balaban J connectivity index is 1.34. The Morgan fingerprint density at radius 1 is 1.03 bits per heavy atom. The summed E-state index contributed by atoms with van der Waals surface area (Å²) in [6, 6.07) is 11.1. The van der Waals surface area contributed by atoms with Crippen molar-refractivity contribution in [2.24, 2.45) is 0 Å². The van der Waals surface area contributed by atoms with Crippen molar-refractivity contribution in [3.8, 4) is 11.5 Å². The summed E-state index contributed by atoms with van der Waals surface area (Å²) in [5, 5.41) is 2.61. The summed E-state index contributed by atoms with van der Waals surface area (Å²) in [5.74, 6) is 0.0302. The summed E-state index contributed by atoms with van der Waals surface area (Å²) in [6.45, 7) is 3.58. The van der Waals surface area contributed by atoms with Crippen molar-refractivity contribution < 1.29 is 37.0 Å². The van der Waals surface area contributed by atoms with E-state index in [4.69, 9.17) is 18.9 Å². The van der Waals surface area contributed by atoms with Gasteiger partial charge in [0.15, 0.2) is 17.6 Å². The number of esters is 1. The van der Waals surface area contributed by atoms with Gasteiger partial charge in [0.2, 0.25) is 10.0 Å². The maximum atomic E-state index is 12.8. The molecule has 2 aliphatic rings. The van der Waals surface area contributed by atoms with Crippen molar-refractivity contribution >= 4 is 27.6 Å². The number of carbonyl (C=O) groups excluding carboxylic acids is 2. The van der Waals surface area contributed by atoms with Gasteiger partial charge in [0, 0.05) is 18.8 Å². The highest BCUT2D eigenvalue weighted by Crippen LogP contribution is 2.31. The van der Waals surface area contributed by atoms with Gasteiger partial charge in [-0.05, 0) is 42.8 Å². The van der Waals surface area contributed by atoms with Gasteiger partial charge in [-0.15, -0.1) is 0 Å². The van der Waals surface area contributed by atoms with E-state index in [2.05, 4.69) is 5.32 Å². The van der Waals surface area contributed by atoms with Crippen LogP contribution in [0.4, 0.5) is 5.69 Å². The number of morpholine rings is 1. The van der Waals surface area contributed by atoms with E-state index in [0.29, 0.717) is 43.5 Å². The molecule has 2 aliphatic heterocycles. The maximum absolute atomic E-state index is 12.8. The van der Waals surface area contributed by atoms with Gasteiger partial charge in [0.1, 0.15) is 13.2 Å². The molecule has 2 heterocycles. The van der Waals surface area contributed by atoms with Crippen LogP contribution in [0.2, 0.25) is 0 Å². The first kappa shape index (κ1) is 24.0. The minimum absolute atomic E-state index is 0.0401. The molecule has 1 N–H and O–H groups in total. The van der Waals surface area contributed by atoms with Gasteiger partial charge < -0.3 is 24.3 Å². The van der Waals surface area contributed by atoms with Crippen LogP contribution in [0.15, 0.2) is 47.4 Å². The normalized spacial score (nSPS) is 17.0. The molecule has 0 aliphatic carbocycles. The second-order valence-electron chi connectivity index (χ2n) is 7.82. The molecule has 0 saturated carbocycles. The maximum Gasteiger partial charge on any atom is 0.311 e. The van der Waals surface area contributed by atoms with Crippen molar-refractivity contribution in [3.05, 3.63) is 48.0 Å². The molecular weight excluding hydrogens is 464 g/mol. The Labute approximate surface area is 197 Å². The van der Waals surface area contributed by atoms with Crippen LogP contribution in [0.25, 0.3) is 0 Å². The predicted octanol–water partition coefficient (Wildman–Crippen LogP) is 1.59. The molecule has 2 aromatic carbocycles. The molecule has 0 bridgehead atoms. The van der Waals surface area contributed by atoms with Crippen LogP contribution >= 0.6 is 0 Å². The number of nitrogens with one attached hydrogen (secondary N) is 1. The summed E-state index contributed by atoms with van der Waals surface area (Å²) < 4.78 is 48.5. The van der Waals surface area contributed by atoms with Crippen molar-refractivity contribution in [1.82, 2.24) is 4.31 Å². The van der Waals surface area contributed by atoms with E-state index < -0.39 is 28.0 Å². The Kier molecular flexibility index (Phi) is 7.35. The van der Waals surface area contributed by atoms with Gasteiger partial charge in [0.25, 0.3) is 5.91 Å². The lowest BCUT2D eigenvalue weighted by molar-refractivity contribution is -0.152. The fourth-order valence-corrected chi connectivity index (χ4v) is 5.03. The first-order valence-electron chi connectivity index (χ1n) is 10.9. The number of amides is 1. The number of nitrogens with zero attached hydrogens (tertiary/aromatic N) is 1. The number of rotatable bonds is 7. The van der Waals surface area contributed by atoms with Crippen LogP contribution < -0.4 is 14.8 Å². The molecule has 10 nitrogen and oxygen atoms in total. The number of anilines is 1. The number of sulfonamides is 1. The van der Waals surface area contributed by atoms with E-state index in [9.17, 15) is 18.0 Å². The Morgan fingerprint density at radius 3 is 2.53 bits per heavy atom. The van der Waals surface area contributed by atoms with Crippen LogP contribution in [-0.2, 0) is 35.5 Å². The van der Waals surface area contributed by atoms with Crippen molar-refractivity contribution in [3.63, 3.8) is 0 Å². The third-order valence-corrected chi connectivity index (χ3v) is 7.24. The van der Waals surface area contributed by atoms with E-state index in [-0.39, 0.29) is 30.1 Å². The topological polar surface area (TPSA) is 120 Å². The highest BCUT2D eigenvalue weighted by Gasteiger charge is 2.27. The number of carbonyl (C=O) groups is 2. The van der Waals surface area contributed by atoms with Crippen LogP contribution in [-0.4, -0.2) is 70.2 Å². The molecule has 11 heteroatoms. The zero-order chi connectivity index (χ0) is 24.1. The summed E-state index contributed by atoms with van der Waals surface area (Å²) in [7, 11) is -3.70. The Hall–Kier alpha value is -3.15. The first-order valence-corrected chi connectivity index (χ1v) is 12.3. The third-order valence-electron chi connectivity index (χ3n) is 5.34. The summed E-state index contributed by atoms with van der Waals surface area (Å²) in [5.41, 5.74) is 0.956. The zero-order valence-corrected chi connectivity index (χ0v) is 19.5. The fraction of sp³-hybridized carbons (Fsp3) is 0.391. The van der Waals surface area contributed by atoms with Crippen LogP contribution in [0.1, 0.15) is 12.5 Å². The second-order valence-corrected chi connectivity index (χ2v) is 9.76. The average molecular weight is 491 g/mol. The van der Waals surface area contributed by atoms with Gasteiger partial charge in [0.05, 0.1) is 24.5 Å². The molecule has 1 saturated heterocycles. The van der Waals surface area contributed by atoms with Crippen molar-refractivity contribution in [1.29, 1.82) is 0 Å². The second kappa shape index (κ2) is 10.4. The Morgan fingerprint density at radius 2 is 1.76 bits per heavy atom. The molecule has 1 amide bonds. The molecular formula is C23H26N2O8S. The molecule has 1 fully saturated rings. The minimum atomic E-state index is -3.70. The van der Waals surface area contributed by atoms with E-state index >= 15 is 0 Å². The third kappa shape index (κ3) is 5.66. The smallest absolute Gasteiger partial charge is 0.311 e. The monoisotopic (exact) mass is 490 g/mol. The van der Waals surface area contributed by atoms with E-state index in [1.54, 1.807) is 30.3 Å².